The van der Waals surface area contributed by atoms with Gasteiger partial charge in [0.15, 0.2) is 0 Å². The molecule has 0 bridgehead atoms. The zero-order valence-corrected chi connectivity index (χ0v) is 11.2. The Balaban J connectivity index is 2.17. The third-order valence-corrected chi connectivity index (χ3v) is 4.03. The van der Waals surface area contributed by atoms with Crippen LogP contribution in [-0.4, -0.2) is 23.5 Å². The summed E-state index contributed by atoms with van der Waals surface area (Å²) >= 11 is 0. The molecule has 0 aliphatic rings. The normalized spacial score (nSPS) is 13.4. The lowest BCUT2D eigenvalue weighted by Crippen LogP contribution is -2.24. The average molecular weight is 281 g/mol. The van der Waals surface area contributed by atoms with Crippen molar-refractivity contribution < 1.29 is 13.5 Å². The SMILES string of the molecule is CC(O)c1cccc(S(=O)(=O)NCc2ncc[nH]2)c1. The molecule has 0 saturated carbocycles. The lowest BCUT2D eigenvalue weighted by atomic mass is 10.1. The summed E-state index contributed by atoms with van der Waals surface area (Å²) in [5, 5.41) is 9.46. The summed E-state index contributed by atoms with van der Waals surface area (Å²) in [6.45, 7) is 1.68. The van der Waals surface area contributed by atoms with Crippen molar-refractivity contribution in [3.63, 3.8) is 0 Å². The summed E-state index contributed by atoms with van der Waals surface area (Å²) in [4.78, 5) is 6.87. The second-order valence-corrected chi connectivity index (χ2v) is 5.88. The molecule has 19 heavy (non-hydrogen) atoms. The molecule has 6 nitrogen and oxygen atoms in total. The molecule has 0 radical (unpaired) electrons. The van der Waals surface area contributed by atoms with Crippen LogP contribution in [0.5, 0.6) is 0 Å². The Morgan fingerprint density at radius 2 is 2.26 bits per heavy atom. The maximum Gasteiger partial charge on any atom is 0.240 e. The first kappa shape index (κ1) is 13.7. The van der Waals surface area contributed by atoms with Gasteiger partial charge in [0.2, 0.25) is 10.0 Å². The monoisotopic (exact) mass is 281 g/mol. The van der Waals surface area contributed by atoms with Gasteiger partial charge in [0.05, 0.1) is 17.5 Å². The fourth-order valence-electron chi connectivity index (χ4n) is 1.58. The van der Waals surface area contributed by atoms with Crippen LogP contribution >= 0.6 is 0 Å². The number of H-pyrrole nitrogens is 1. The number of nitrogens with one attached hydrogen (secondary N) is 2. The first-order chi connectivity index (χ1) is 8.99. The Morgan fingerprint density at radius 3 is 2.89 bits per heavy atom. The van der Waals surface area contributed by atoms with Crippen molar-refractivity contribution >= 4 is 10.0 Å². The van der Waals surface area contributed by atoms with Crippen molar-refractivity contribution in [2.45, 2.75) is 24.5 Å². The maximum atomic E-state index is 12.1. The van der Waals surface area contributed by atoms with Crippen LogP contribution in [0.4, 0.5) is 0 Å². The Labute approximate surface area is 111 Å². The zero-order valence-electron chi connectivity index (χ0n) is 10.4. The number of rotatable bonds is 5. The Morgan fingerprint density at radius 1 is 1.47 bits per heavy atom. The molecule has 1 heterocycles. The first-order valence-corrected chi connectivity index (χ1v) is 7.23. The number of aromatic amines is 1. The molecule has 0 aliphatic carbocycles. The van der Waals surface area contributed by atoms with Gasteiger partial charge in [-0.25, -0.2) is 18.1 Å². The molecule has 3 N–H and O–H groups in total. The minimum absolute atomic E-state index is 0.0915. The van der Waals surface area contributed by atoms with Crippen molar-refractivity contribution in [3.05, 3.63) is 48.0 Å². The number of aliphatic hydroxyl groups is 1. The van der Waals surface area contributed by atoms with E-state index in [0.29, 0.717) is 11.4 Å². The predicted molar refractivity (Wildman–Crippen MR) is 69.7 cm³/mol. The van der Waals surface area contributed by atoms with Gasteiger partial charge in [0.25, 0.3) is 0 Å². The van der Waals surface area contributed by atoms with Crippen molar-refractivity contribution in [1.29, 1.82) is 0 Å². The van der Waals surface area contributed by atoms with Gasteiger partial charge in [-0.2, -0.15) is 0 Å². The molecule has 2 aromatic rings. The van der Waals surface area contributed by atoms with Crippen LogP contribution in [0.15, 0.2) is 41.6 Å². The number of hydrogen-bond donors (Lipinski definition) is 3. The Hall–Kier alpha value is -1.70. The van der Waals surface area contributed by atoms with Crippen LogP contribution < -0.4 is 4.72 Å². The first-order valence-electron chi connectivity index (χ1n) is 5.75. The highest BCUT2D eigenvalue weighted by Gasteiger charge is 2.15. The van der Waals surface area contributed by atoms with Gasteiger partial charge in [-0.15, -0.1) is 0 Å². The number of hydrogen-bond acceptors (Lipinski definition) is 4. The molecule has 0 spiro atoms. The molecule has 1 atom stereocenters. The van der Waals surface area contributed by atoms with Crippen LogP contribution in [0.1, 0.15) is 24.4 Å². The third-order valence-electron chi connectivity index (χ3n) is 2.64. The Bertz CT molecular complexity index is 636. The number of aromatic nitrogens is 2. The summed E-state index contributed by atoms with van der Waals surface area (Å²) in [6, 6.07) is 6.21. The lowest BCUT2D eigenvalue weighted by Gasteiger charge is -2.09. The van der Waals surface area contributed by atoms with Crippen molar-refractivity contribution in [3.8, 4) is 0 Å². The van der Waals surface area contributed by atoms with Gasteiger partial charge in [0.1, 0.15) is 5.82 Å². The fourth-order valence-corrected chi connectivity index (χ4v) is 2.63. The van der Waals surface area contributed by atoms with Gasteiger partial charge >= 0.3 is 0 Å². The van der Waals surface area contributed by atoms with E-state index in [9.17, 15) is 13.5 Å². The van der Waals surface area contributed by atoms with Crippen molar-refractivity contribution in [2.75, 3.05) is 0 Å². The minimum Gasteiger partial charge on any atom is -0.389 e. The van der Waals surface area contributed by atoms with Crippen LogP contribution in [0.2, 0.25) is 0 Å². The smallest absolute Gasteiger partial charge is 0.240 e. The molecule has 2 rings (SSSR count). The molecule has 0 amide bonds. The molecule has 0 saturated heterocycles. The number of benzene rings is 1. The zero-order chi connectivity index (χ0) is 13.9. The number of nitrogens with zero attached hydrogens (tertiary/aromatic N) is 1. The molecule has 7 heteroatoms. The molecule has 0 aliphatic heterocycles. The van der Waals surface area contributed by atoms with Gasteiger partial charge in [0, 0.05) is 12.4 Å². The second kappa shape index (κ2) is 5.52. The van der Waals surface area contributed by atoms with E-state index in [1.54, 1.807) is 31.5 Å². The molecule has 102 valence electrons. The van der Waals surface area contributed by atoms with E-state index in [1.807, 2.05) is 0 Å². The molecule has 1 unspecified atom stereocenters. The summed E-state index contributed by atoms with van der Waals surface area (Å²) in [7, 11) is -3.61. The lowest BCUT2D eigenvalue weighted by molar-refractivity contribution is 0.199. The maximum absolute atomic E-state index is 12.1. The van der Waals surface area contributed by atoms with E-state index in [0.717, 1.165) is 0 Å². The Kier molecular flexibility index (Phi) is 3.98. The predicted octanol–water partition coefficient (Wildman–Crippen LogP) is 0.942. The summed E-state index contributed by atoms with van der Waals surface area (Å²) < 4.78 is 26.6. The van der Waals surface area contributed by atoms with Gasteiger partial charge in [-0.3, -0.25) is 0 Å². The highest BCUT2D eigenvalue weighted by atomic mass is 32.2. The largest absolute Gasteiger partial charge is 0.389 e. The van der Waals surface area contributed by atoms with Gasteiger partial charge in [-0.05, 0) is 24.6 Å². The van der Waals surface area contributed by atoms with E-state index in [-0.39, 0.29) is 11.4 Å². The number of sulfonamides is 1. The summed E-state index contributed by atoms with van der Waals surface area (Å²) in [5.74, 6) is 0.537. The van der Waals surface area contributed by atoms with Crippen LogP contribution in [0, 0.1) is 0 Å². The van der Waals surface area contributed by atoms with E-state index >= 15 is 0 Å². The molecule has 1 aromatic carbocycles. The number of aliphatic hydroxyl groups excluding tert-OH is 1. The van der Waals surface area contributed by atoms with Crippen LogP contribution in [-0.2, 0) is 16.6 Å². The van der Waals surface area contributed by atoms with E-state index in [4.69, 9.17) is 0 Å². The topological polar surface area (TPSA) is 95.1 Å². The van der Waals surface area contributed by atoms with Crippen LogP contribution in [0.3, 0.4) is 0 Å². The van der Waals surface area contributed by atoms with Crippen LogP contribution in [0.25, 0.3) is 0 Å². The summed E-state index contributed by atoms with van der Waals surface area (Å²) in [5.41, 5.74) is 0.556. The van der Waals surface area contributed by atoms with Gasteiger partial charge in [-0.1, -0.05) is 12.1 Å². The number of imidazole rings is 1. The van der Waals surface area contributed by atoms with E-state index < -0.39 is 16.1 Å². The third kappa shape index (κ3) is 3.40. The van der Waals surface area contributed by atoms with E-state index in [2.05, 4.69) is 14.7 Å². The molecular weight excluding hydrogens is 266 g/mol. The van der Waals surface area contributed by atoms with Crippen molar-refractivity contribution in [2.24, 2.45) is 0 Å². The highest BCUT2D eigenvalue weighted by molar-refractivity contribution is 7.89. The quantitative estimate of drug-likeness (QED) is 0.760. The molecule has 0 fully saturated rings. The average Bonchev–Trinajstić information content (AvgIpc) is 2.90. The minimum atomic E-state index is -3.61. The standard InChI is InChI=1S/C12H15N3O3S/c1-9(16)10-3-2-4-11(7-10)19(17,18)15-8-12-13-5-6-14-12/h2-7,9,15-16H,8H2,1H3,(H,13,14). The molecule has 1 aromatic heterocycles. The van der Waals surface area contributed by atoms with Gasteiger partial charge < -0.3 is 10.1 Å². The molecular formula is C12H15N3O3S. The highest BCUT2D eigenvalue weighted by Crippen LogP contribution is 2.17. The fraction of sp³-hybridized carbons (Fsp3) is 0.250. The van der Waals surface area contributed by atoms with Crippen molar-refractivity contribution in [1.82, 2.24) is 14.7 Å². The second-order valence-electron chi connectivity index (χ2n) is 4.11. The summed E-state index contributed by atoms with van der Waals surface area (Å²) in [6.07, 6.45) is 2.47. The van der Waals surface area contributed by atoms with E-state index in [1.165, 1.54) is 12.1 Å².